The fourth-order valence-corrected chi connectivity index (χ4v) is 1.86. The summed E-state index contributed by atoms with van der Waals surface area (Å²) in [4.78, 5) is 0. The van der Waals surface area contributed by atoms with Crippen LogP contribution in [0.3, 0.4) is 0 Å². The Morgan fingerprint density at radius 3 is 2.33 bits per heavy atom. The SMILES string of the molecule is CCOc1cc(CC)c(O)c(CC)c1C. The highest BCUT2D eigenvalue weighted by Crippen LogP contribution is 2.33. The predicted octanol–water partition coefficient (Wildman–Crippen LogP) is 3.22. The van der Waals surface area contributed by atoms with Gasteiger partial charge in [-0.05, 0) is 43.9 Å². The Balaban J connectivity index is 3.30. The van der Waals surface area contributed by atoms with E-state index < -0.39 is 0 Å². The number of phenols is 1. The first-order chi connectivity index (χ1) is 7.15. The van der Waals surface area contributed by atoms with Crippen LogP contribution in [0.4, 0.5) is 0 Å². The Labute approximate surface area is 91.9 Å². The van der Waals surface area contributed by atoms with E-state index in [4.69, 9.17) is 4.74 Å². The van der Waals surface area contributed by atoms with Crippen molar-refractivity contribution in [2.24, 2.45) is 0 Å². The van der Waals surface area contributed by atoms with Gasteiger partial charge in [0.25, 0.3) is 0 Å². The summed E-state index contributed by atoms with van der Waals surface area (Å²) in [7, 11) is 0. The van der Waals surface area contributed by atoms with Crippen molar-refractivity contribution in [3.05, 3.63) is 22.8 Å². The van der Waals surface area contributed by atoms with E-state index in [1.54, 1.807) is 0 Å². The minimum absolute atomic E-state index is 0.445. The molecule has 1 aromatic carbocycles. The highest BCUT2D eigenvalue weighted by atomic mass is 16.5. The molecule has 0 atom stereocenters. The molecule has 15 heavy (non-hydrogen) atoms. The van der Waals surface area contributed by atoms with Crippen molar-refractivity contribution in [3.63, 3.8) is 0 Å². The first kappa shape index (κ1) is 11.9. The Kier molecular flexibility index (Phi) is 4.01. The summed E-state index contributed by atoms with van der Waals surface area (Å²) in [5.41, 5.74) is 3.05. The summed E-state index contributed by atoms with van der Waals surface area (Å²) >= 11 is 0. The number of ether oxygens (including phenoxy) is 1. The summed E-state index contributed by atoms with van der Waals surface area (Å²) in [5, 5.41) is 10.0. The van der Waals surface area contributed by atoms with Gasteiger partial charge in [0.2, 0.25) is 0 Å². The molecular formula is C13H20O2. The van der Waals surface area contributed by atoms with Crippen LogP contribution in [0.25, 0.3) is 0 Å². The minimum Gasteiger partial charge on any atom is -0.507 e. The second kappa shape index (κ2) is 5.06. The van der Waals surface area contributed by atoms with Crippen molar-refractivity contribution in [1.82, 2.24) is 0 Å². The van der Waals surface area contributed by atoms with Gasteiger partial charge < -0.3 is 9.84 Å². The molecule has 0 aliphatic carbocycles. The summed E-state index contributed by atoms with van der Waals surface area (Å²) in [6, 6.07) is 1.95. The summed E-state index contributed by atoms with van der Waals surface area (Å²) in [6.45, 7) is 8.74. The molecule has 0 saturated carbocycles. The smallest absolute Gasteiger partial charge is 0.122 e. The van der Waals surface area contributed by atoms with Crippen molar-refractivity contribution in [3.8, 4) is 11.5 Å². The molecular weight excluding hydrogens is 188 g/mol. The molecule has 0 unspecified atom stereocenters. The molecule has 0 amide bonds. The van der Waals surface area contributed by atoms with Crippen LogP contribution in [0.5, 0.6) is 11.5 Å². The molecule has 0 radical (unpaired) electrons. The van der Waals surface area contributed by atoms with Gasteiger partial charge in [-0.2, -0.15) is 0 Å². The zero-order valence-electron chi connectivity index (χ0n) is 10.1. The van der Waals surface area contributed by atoms with E-state index in [-0.39, 0.29) is 0 Å². The van der Waals surface area contributed by atoms with Gasteiger partial charge in [-0.1, -0.05) is 13.8 Å². The van der Waals surface area contributed by atoms with E-state index in [9.17, 15) is 5.11 Å². The van der Waals surface area contributed by atoms with E-state index in [0.717, 1.165) is 35.3 Å². The average molecular weight is 208 g/mol. The number of aromatic hydroxyl groups is 1. The summed E-state index contributed by atoms with van der Waals surface area (Å²) in [6.07, 6.45) is 1.67. The molecule has 0 spiro atoms. The maximum absolute atomic E-state index is 10.0. The normalized spacial score (nSPS) is 10.4. The van der Waals surface area contributed by atoms with Gasteiger partial charge in [0.1, 0.15) is 11.5 Å². The molecule has 0 bridgehead atoms. The third kappa shape index (κ3) is 2.25. The molecule has 1 aromatic rings. The number of hydrogen-bond acceptors (Lipinski definition) is 2. The maximum atomic E-state index is 10.0. The molecule has 0 aliphatic heterocycles. The Morgan fingerprint density at radius 1 is 1.20 bits per heavy atom. The zero-order valence-corrected chi connectivity index (χ0v) is 10.1. The molecule has 0 aromatic heterocycles. The number of phenolic OH excluding ortho intramolecular Hbond substituents is 1. The lowest BCUT2D eigenvalue weighted by Crippen LogP contribution is -2.00. The minimum atomic E-state index is 0.445. The molecule has 0 heterocycles. The number of aryl methyl sites for hydroxylation is 1. The molecule has 2 heteroatoms. The fourth-order valence-electron chi connectivity index (χ4n) is 1.86. The first-order valence-electron chi connectivity index (χ1n) is 5.62. The molecule has 84 valence electrons. The molecule has 1 N–H and O–H groups in total. The maximum Gasteiger partial charge on any atom is 0.122 e. The zero-order chi connectivity index (χ0) is 11.4. The van der Waals surface area contributed by atoms with Crippen LogP contribution in [0.15, 0.2) is 6.07 Å². The van der Waals surface area contributed by atoms with Crippen LogP contribution in [-0.2, 0) is 12.8 Å². The predicted molar refractivity (Wildman–Crippen MR) is 62.8 cm³/mol. The molecule has 1 rings (SSSR count). The average Bonchev–Trinajstić information content (AvgIpc) is 2.23. The van der Waals surface area contributed by atoms with Crippen LogP contribution < -0.4 is 4.74 Å². The number of hydrogen-bond donors (Lipinski definition) is 1. The fraction of sp³-hybridized carbons (Fsp3) is 0.538. The van der Waals surface area contributed by atoms with E-state index in [1.165, 1.54) is 0 Å². The topological polar surface area (TPSA) is 29.5 Å². The van der Waals surface area contributed by atoms with Crippen molar-refractivity contribution in [2.45, 2.75) is 40.5 Å². The van der Waals surface area contributed by atoms with Gasteiger partial charge in [-0.3, -0.25) is 0 Å². The molecule has 2 nitrogen and oxygen atoms in total. The third-order valence-electron chi connectivity index (χ3n) is 2.75. The van der Waals surface area contributed by atoms with E-state index in [0.29, 0.717) is 12.4 Å². The van der Waals surface area contributed by atoms with Crippen LogP contribution in [0, 0.1) is 6.92 Å². The number of benzene rings is 1. The van der Waals surface area contributed by atoms with E-state index in [2.05, 4.69) is 6.92 Å². The second-order valence-electron chi connectivity index (χ2n) is 3.63. The van der Waals surface area contributed by atoms with E-state index in [1.807, 2.05) is 26.8 Å². The monoisotopic (exact) mass is 208 g/mol. The summed E-state index contributed by atoms with van der Waals surface area (Å²) < 4.78 is 5.57. The lowest BCUT2D eigenvalue weighted by molar-refractivity contribution is 0.335. The van der Waals surface area contributed by atoms with Crippen LogP contribution in [0.1, 0.15) is 37.5 Å². The van der Waals surface area contributed by atoms with Crippen molar-refractivity contribution >= 4 is 0 Å². The van der Waals surface area contributed by atoms with Crippen molar-refractivity contribution in [1.29, 1.82) is 0 Å². The third-order valence-corrected chi connectivity index (χ3v) is 2.75. The summed E-state index contributed by atoms with van der Waals surface area (Å²) in [5.74, 6) is 1.35. The Bertz CT molecular complexity index is 343. The Morgan fingerprint density at radius 2 is 1.87 bits per heavy atom. The Hall–Kier alpha value is -1.18. The second-order valence-corrected chi connectivity index (χ2v) is 3.63. The van der Waals surface area contributed by atoms with Crippen LogP contribution >= 0.6 is 0 Å². The molecule has 0 aliphatic rings. The van der Waals surface area contributed by atoms with Crippen molar-refractivity contribution < 1.29 is 9.84 Å². The van der Waals surface area contributed by atoms with Gasteiger partial charge in [-0.15, -0.1) is 0 Å². The highest BCUT2D eigenvalue weighted by molar-refractivity contribution is 5.52. The first-order valence-corrected chi connectivity index (χ1v) is 5.62. The lowest BCUT2D eigenvalue weighted by Gasteiger charge is -2.15. The quantitative estimate of drug-likeness (QED) is 0.823. The van der Waals surface area contributed by atoms with Crippen LogP contribution in [0.2, 0.25) is 0 Å². The number of rotatable bonds is 4. The lowest BCUT2D eigenvalue weighted by atomic mass is 9.98. The van der Waals surface area contributed by atoms with Gasteiger partial charge >= 0.3 is 0 Å². The van der Waals surface area contributed by atoms with E-state index >= 15 is 0 Å². The molecule has 0 saturated heterocycles. The van der Waals surface area contributed by atoms with Gasteiger partial charge in [0.15, 0.2) is 0 Å². The van der Waals surface area contributed by atoms with Gasteiger partial charge in [0, 0.05) is 5.56 Å². The van der Waals surface area contributed by atoms with Crippen molar-refractivity contribution in [2.75, 3.05) is 6.61 Å². The van der Waals surface area contributed by atoms with Gasteiger partial charge in [0.05, 0.1) is 6.61 Å². The van der Waals surface area contributed by atoms with Crippen LogP contribution in [-0.4, -0.2) is 11.7 Å². The highest BCUT2D eigenvalue weighted by Gasteiger charge is 2.13. The standard InChI is InChI=1S/C13H20O2/c1-5-10-8-12(15-7-3)9(4)11(6-2)13(10)14/h8,14H,5-7H2,1-4H3. The van der Waals surface area contributed by atoms with Gasteiger partial charge in [-0.25, -0.2) is 0 Å². The largest absolute Gasteiger partial charge is 0.507 e. The molecule has 0 fully saturated rings.